The lowest BCUT2D eigenvalue weighted by Gasteiger charge is -2.19. The summed E-state index contributed by atoms with van der Waals surface area (Å²) in [6.45, 7) is 4.42. The lowest BCUT2D eigenvalue weighted by Crippen LogP contribution is -2.37. The van der Waals surface area contributed by atoms with E-state index in [0.717, 1.165) is 17.9 Å². The highest BCUT2D eigenvalue weighted by molar-refractivity contribution is 7.89. The van der Waals surface area contributed by atoms with Crippen LogP contribution in [-0.4, -0.2) is 44.7 Å². The molecule has 0 amide bonds. The normalized spacial score (nSPS) is 16.5. The highest BCUT2D eigenvalue weighted by Gasteiger charge is 2.25. The van der Waals surface area contributed by atoms with E-state index in [9.17, 15) is 8.42 Å². The van der Waals surface area contributed by atoms with Gasteiger partial charge < -0.3 is 10.1 Å². The fraction of sp³-hybridized carbons (Fsp3) is 0.538. The van der Waals surface area contributed by atoms with Crippen LogP contribution in [0.4, 0.5) is 0 Å². The molecule has 0 fully saturated rings. The van der Waals surface area contributed by atoms with Gasteiger partial charge in [-0.15, -0.1) is 0 Å². The Morgan fingerprint density at radius 3 is 2.95 bits per heavy atom. The Morgan fingerprint density at radius 1 is 1.37 bits per heavy atom. The molecule has 0 saturated carbocycles. The third-order valence-electron chi connectivity index (χ3n) is 3.10. The van der Waals surface area contributed by atoms with Crippen LogP contribution in [0.15, 0.2) is 24.3 Å². The number of benzene rings is 1. The van der Waals surface area contributed by atoms with Crippen molar-refractivity contribution >= 4 is 10.0 Å². The molecule has 5 nitrogen and oxygen atoms in total. The number of rotatable bonds is 5. The molecule has 1 N–H and O–H groups in total. The molecule has 1 heterocycles. The first-order valence-electron chi connectivity index (χ1n) is 6.52. The van der Waals surface area contributed by atoms with Gasteiger partial charge in [-0.25, -0.2) is 8.42 Å². The minimum absolute atomic E-state index is 0.128. The van der Waals surface area contributed by atoms with Gasteiger partial charge in [-0.05, 0) is 12.6 Å². The lowest BCUT2D eigenvalue weighted by atomic mass is 10.2. The highest BCUT2D eigenvalue weighted by Crippen LogP contribution is 2.23. The van der Waals surface area contributed by atoms with E-state index in [1.807, 2.05) is 31.2 Å². The van der Waals surface area contributed by atoms with Crippen molar-refractivity contribution in [2.75, 3.05) is 32.0 Å². The molecule has 0 aliphatic carbocycles. The van der Waals surface area contributed by atoms with Crippen molar-refractivity contribution in [1.82, 2.24) is 9.62 Å². The maximum absolute atomic E-state index is 12.3. The number of nitrogens with zero attached hydrogens (tertiary/aromatic N) is 1. The monoisotopic (exact) mass is 284 g/mol. The fourth-order valence-electron chi connectivity index (χ4n) is 2.05. The van der Waals surface area contributed by atoms with Crippen LogP contribution in [0.5, 0.6) is 5.75 Å². The third-order valence-corrected chi connectivity index (χ3v) is 4.92. The molecule has 0 aromatic heterocycles. The zero-order chi connectivity index (χ0) is 13.7. The van der Waals surface area contributed by atoms with Crippen molar-refractivity contribution in [3.63, 3.8) is 0 Å². The summed E-state index contributed by atoms with van der Waals surface area (Å²) in [6, 6.07) is 7.59. The van der Waals surface area contributed by atoms with Crippen molar-refractivity contribution in [3.8, 4) is 5.75 Å². The summed E-state index contributed by atoms with van der Waals surface area (Å²) in [5.74, 6) is 0.912. The average molecular weight is 284 g/mol. The maximum atomic E-state index is 12.3. The molecule has 19 heavy (non-hydrogen) atoms. The molecule has 106 valence electrons. The van der Waals surface area contributed by atoms with Gasteiger partial charge in [-0.2, -0.15) is 4.31 Å². The van der Waals surface area contributed by atoms with E-state index in [4.69, 9.17) is 4.74 Å². The molecule has 0 saturated heterocycles. The molecule has 6 heteroatoms. The van der Waals surface area contributed by atoms with Gasteiger partial charge in [0.25, 0.3) is 0 Å². The molecule has 1 aliphatic rings. The van der Waals surface area contributed by atoms with Crippen molar-refractivity contribution < 1.29 is 13.2 Å². The molecule has 0 unspecified atom stereocenters. The molecule has 1 aromatic rings. The van der Waals surface area contributed by atoms with Crippen LogP contribution in [0.25, 0.3) is 0 Å². The van der Waals surface area contributed by atoms with Crippen LogP contribution in [0.1, 0.15) is 12.5 Å². The van der Waals surface area contributed by atoms with Gasteiger partial charge in [-0.1, -0.05) is 25.1 Å². The Hall–Kier alpha value is -1.11. The first-order valence-corrected chi connectivity index (χ1v) is 8.13. The molecule has 1 aromatic carbocycles. The molecule has 0 bridgehead atoms. The number of fused-ring (bicyclic) bond motifs is 1. The summed E-state index contributed by atoms with van der Waals surface area (Å²) in [6.07, 6.45) is 0. The number of sulfonamides is 1. The number of nitrogens with one attached hydrogen (secondary N) is 1. The van der Waals surface area contributed by atoms with Crippen molar-refractivity contribution in [3.05, 3.63) is 29.8 Å². The second-order valence-electron chi connectivity index (χ2n) is 4.46. The Kier molecular flexibility index (Phi) is 4.79. The van der Waals surface area contributed by atoms with Crippen molar-refractivity contribution in [2.45, 2.75) is 13.5 Å². The van der Waals surface area contributed by atoms with E-state index < -0.39 is 10.0 Å². The first kappa shape index (κ1) is 14.3. The SMILES string of the molecule is CCNCCS(=O)(=O)N1CCOc2ccccc2C1. The van der Waals surface area contributed by atoms with E-state index >= 15 is 0 Å². The minimum atomic E-state index is -3.23. The van der Waals surface area contributed by atoms with Gasteiger partial charge in [0.2, 0.25) is 10.0 Å². The Bertz CT molecular complexity index is 516. The van der Waals surface area contributed by atoms with Gasteiger partial charge in [0, 0.05) is 25.2 Å². The summed E-state index contributed by atoms with van der Waals surface area (Å²) in [7, 11) is -3.23. The summed E-state index contributed by atoms with van der Waals surface area (Å²) in [5.41, 5.74) is 0.923. The number of para-hydroxylation sites is 1. The second-order valence-corrected chi connectivity index (χ2v) is 6.55. The Balaban J connectivity index is 2.09. The van der Waals surface area contributed by atoms with Gasteiger partial charge in [-0.3, -0.25) is 0 Å². The number of ether oxygens (including phenoxy) is 1. The quantitative estimate of drug-likeness (QED) is 0.813. The standard InChI is InChI=1S/C13H20N2O3S/c1-2-14-7-10-19(16,17)15-8-9-18-13-6-4-3-5-12(13)11-15/h3-6,14H,2,7-11H2,1H3. The summed E-state index contributed by atoms with van der Waals surface area (Å²) in [4.78, 5) is 0. The van der Waals surface area contributed by atoms with Gasteiger partial charge in [0.1, 0.15) is 12.4 Å². The smallest absolute Gasteiger partial charge is 0.215 e. The average Bonchev–Trinajstić information content (AvgIpc) is 2.61. The van der Waals surface area contributed by atoms with Crippen molar-refractivity contribution in [1.29, 1.82) is 0 Å². The zero-order valence-corrected chi connectivity index (χ0v) is 11.9. The van der Waals surface area contributed by atoms with E-state index in [2.05, 4.69) is 5.32 Å². The second kappa shape index (κ2) is 6.36. The Labute approximate surface area is 114 Å². The minimum Gasteiger partial charge on any atom is -0.492 e. The van der Waals surface area contributed by atoms with Gasteiger partial charge >= 0.3 is 0 Å². The summed E-state index contributed by atoms with van der Waals surface area (Å²) >= 11 is 0. The maximum Gasteiger partial charge on any atom is 0.215 e. The molecular formula is C13H20N2O3S. The Morgan fingerprint density at radius 2 is 2.16 bits per heavy atom. The molecule has 0 radical (unpaired) electrons. The lowest BCUT2D eigenvalue weighted by molar-refractivity contribution is 0.293. The van der Waals surface area contributed by atoms with Crippen LogP contribution in [0.3, 0.4) is 0 Å². The predicted octanol–water partition coefficient (Wildman–Crippen LogP) is 0.820. The van der Waals surface area contributed by atoms with Crippen LogP contribution < -0.4 is 10.1 Å². The zero-order valence-electron chi connectivity index (χ0n) is 11.1. The van der Waals surface area contributed by atoms with Crippen LogP contribution in [0, 0.1) is 0 Å². The molecular weight excluding hydrogens is 264 g/mol. The van der Waals surface area contributed by atoms with E-state index in [0.29, 0.717) is 26.2 Å². The van der Waals surface area contributed by atoms with Crippen molar-refractivity contribution in [2.24, 2.45) is 0 Å². The highest BCUT2D eigenvalue weighted by atomic mass is 32.2. The van der Waals surface area contributed by atoms with E-state index in [-0.39, 0.29) is 5.75 Å². The number of hydrogen-bond acceptors (Lipinski definition) is 4. The number of hydrogen-bond donors (Lipinski definition) is 1. The van der Waals surface area contributed by atoms with Crippen LogP contribution >= 0.6 is 0 Å². The largest absolute Gasteiger partial charge is 0.492 e. The predicted molar refractivity (Wildman–Crippen MR) is 74.7 cm³/mol. The fourth-order valence-corrected chi connectivity index (χ4v) is 3.40. The molecule has 0 spiro atoms. The first-order chi connectivity index (χ1) is 9.13. The van der Waals surface area contributed by atoms with E-state index in [1.165, 1.54) is 4.31 Å². The third kappa shape index (κ3) is 3.68. The van der Waals surface area contributed by atoms with Gasteiger partial charge in [0.05, 0.1) is 5.75 Å². The van der Waals surface area contributed by atoms with Crippen LogP contribution in [-0.2, 0) is 16.6 Å². The van der Waals surface area contributed by atoms with Crippen LogP contribution in [0.2, 0.25) is 0 Å². The summed E-state index contributed by atoms with van der Waals surface area (Å²) < 4.78 is 31.6. The molecule has 0 atom stereocenters. The van der Waals surface area contributed by atoms with Gasteiger partial charge in [0.15, 0.2) is 0 Å². The van der Waals surface area contributed by atoms with E-state index in [1.54, 1.807) is 0 Å². The molecule has 1 aliphatic heterocycles. The topological polar surface area (TPSA) is 58.6 Å². The molecule has 2 rings (SSSR count). The summed E-state index contributed by atoms with van der Waals surface area (Å²) in [5, 5.41) is 3.04.